The van der Waals surface area contributed by atoms with Crippen molar-refractivity contribution in [2.24, 2.45) is 9.98 Å². The number of alkyl halides is 1. The number of hydrogen-bond donors (Lipinski definition) is 7. The number of carbonyl (C=O) groups excluding carboxylic acids is 1. The molecule has 7 atom stereocenters. The minimum Gasteiger partial charge on any atom is -0.387 e. The molecule has 4 radical (unpaired) electrons. The number of nitrogens with zero attached hydrogens (tertiary/aromatic N) is 3. The van der Waals surface area contributed by atoms with Crippen LogP contribution in [0, 0.1) is 5.41 Å². The standard InChI is InChI=1S/C11H17FN5O13P3.4Na/c1-11(12)6(18)4(2-27-32(23,24)30-33(25,26)29-31(20,21)22)28-9(11)17-3-14-5-7(17)15-10(13)16-8(5)19;;;;/h3-6,9,18H,2H2,1H3,(H,23,24)(H,25,26)(H2,13,16,19)(H2,20,21,22);;;;/t4-,5?,6-,9-,11-;;;;/m1..../s1. The summed E-state index contributed by atoms with van der Waals surface area (Å²) in [5, 5.41) is 19.9. The molecular weight excluding hydrogens is 614 g/mol. The molecule has 3 aliphatic rings. The van der Waals surface area contributed by atoms with E-state index in [1.165, 1.54) is 0 Å². The van der Waals surface area contributed by atoms with Crippen molar-refractivity contribution in [2.75, 3.05) is 6.61 Å². The monoisotopic (exact) mass is 631 g/mol. The van der Waals surface area contributed by atoms with Crippen molar-refractivity contribution >= 4 is 166 Å². The second-order valence-corrected chi connectivity index (χ2v) is 11.3. The second-order valence-electron chi connectivity index (χ2n) is 6.89. The van der Waals surface area contributed by atoms with E-state index in [4.69, 9.17) is 24.8 Å². The summed E-state index contributed by atoms with van der Waals surface area (Å²) in [6.07, 6.45) is -4.44. The largest absolute Gasteiger partial charge is 0.490 e. The van der Waals surface area contributed by atoms with Crippen LogP contribution in [0.15, 0.2) is 9.98 Å². The van der Waals surface area contributed by atoms with Gasteiger partial charge in [-0.1, -0.05) is 0 Å². The number of aliphatic imine (C=N–C) groups is 2. The van der Waals surface area contributed by atoms with Crippen LogP contribution in [-0.2, 0) is 36.4 Å². The van der Waals surface area contributed by atoms with Gasteiger partial charge in [-0.15, -0.1) is 0 Å². The van der Waals surface area contributed by atoms with Crippen LogP contribution in [0.2, 0.25) is 0 Å². The van der Waals surface area contributed by atoms with E-state index in [0.29, 0.717) is 0 Å². The van der Waals surface area contributed by atoms with Crippen molar-refractivity contribution in [3.05, 3.63) is 0 Å². The summed E-state index contributed by atoms with van der Waals surface area (Å²) < 4.78 is 65.9. The zero-order valence-electron chi connectivity index (χ0n) is 20.2. The normalized spacial score (nSPS) is 31.8. The predicted octanol–water partition coefficient (Wildman–Crippen LogP) is -3.20. The molecule has 0 aromatic rings. The number of phosphoric ester groups is 1. The Kier molecular flexibility index (Phi) is 17.3. The first-order valence-corrected chi connectivity index (χ1v) is 13.0. The topological polar surface area (TPSA) is 270 Å². The zero-order valence-corrected chi connectivity index (χ0v) is 30.8. The Hall–Kier alpha value is 2.54. The van der Waals surface area contributed by atoms with Gasteiger partial charge < -0.3 is 29.4 Å². The number of rotatable bonds is 8. The summed E-state index contributed by atoms with van der Waals surface area (Å²) in [6.45, 7) is -0.221. The second kappa shape index (κ2) is 15.3. The van der Waals surface area contributed by atoms with Crippen LogP contribution in [0.25, 0.3) is 0 Å². The number of guanidine groups is 1. The molecule has 1 amide bonds. The SMILES string of the molecule is C[C@@]1(F)[C@H](O)[C@@H](COP(=O)(O)OP(=O)(O)OP(=O)(O)O)O[C@H]1N1C=NC2C(=O)NC(=N)N=C21.[Na].[Na].[Na].[Na]. The summed E-state index contributed by atoms with van der Waals surface area (Å²) >= 11 is 0. The fourth-order valence-corrected chi connectivity index (χ4v) is 6.07. The Morgan fingerprint density at radius 1 is 1.16 bits per heavy atom. The number of amidine groups is 1. The van der Waals surface area contributed by atoms with Crippen molar-refractivity contribution in [3.63, 3.8) is 0 Å². The van der Waals surface area contributed by atoms with Crippen LogP contribution >= 0.6 is 23.5 Å². The van der Waals surface area contributed by atoms with Gasteiger partial charge in [-0.3, -0.25) is 29.9 Å². The Morgan fingerprint density at radius 2 is 1.73 bits per heavy atom. The van der Waals surface area contributed by atoms with Crippen molar-refractivity contribution in [3.8, 4) is 0 Å². The van der Waals surface area contributed by atoms with E-state index in [1.54, 1.807) is 0 Å². The summed E-state index contributed by atoms with van der Waals surface area (Å²) in [6, 6.07) is -1.20. The van der Waals surface area contributed by atoms with E-state index in [-0.39, 0.29) is 124 Å². The first kappa shape index (κ1) is 41.7. The van der Waals surface area contributed by atoms with Crippen LogP contribution in [-0.4, -0.2) is 209 Å². The number of fused-ring (bicyclic) bond motifs is 1. The number of aliphatic hydroxyl groups excluding tert-OH is 1. The smallest absolute Gasteiger partial charge is 0.387 e. The molecule has 7 N–H and O–H groups in total. The van der Waals surface area contributed by atoms with Gasteiger partial charge in [0.2, 0.25) is 5.96 Å². The number of hydrogen-bond acceptors (Lipinski definition) is 12. The molecule has 1 fully saturated rings. The van der Waals surface area contributed by atoms with Crippen molar-refractivity contribution < 1.29 is 65.4 Å². The zero-order chi connectivity index (χ0) is 25.0. The summed E-state index contributed by atoms with van der Waals surface area (Å²) in [4.78, 5) is 56.1. The van der Waals surface area contributed by atoms with E-state index < -0.39 is 72.1 Å². The van der Waals surface area contributed by atoms with Crippen LogP contribution < -0.4 is 5.32 Å². The van der Waals surface area contributed by atoms with Gasteiger partial charge in [0.1, 0.15) is 12.2 Å². The van der Waals surface area contributed by atoms with E-state index in [0.717, 1.165) is 18.2 Å². The third kappa shape index (κ3) is 10.6. The summed E-state index contributed by atoms with van der Waals surface area (Å²) in [5.74, 6) is -1.45. The van der Waals surface area contributed by atoms with Gasteiger partial charge in [-0.25, -0.2) is 18.1 Å². The van der Waals surface area contributed by atoms with Gasteiger partial charge in [0.15, 0.2) is 23.8 Å². The molecular formula is C11H17FN5Na4O13P3. The van der Waals surface area contributed by atoms with Crippen molar-refractivity contribution in [2.45, 2.75) is 37.1 Å². The van der Waals surface area contributed by atoms with E-state index >= 15 is 4.39 Å². The van der Waals surface area contributed by atoms with Crippen molar-refractivity contribution in [1.29, 1.82) is 5.41 Å². The van der Waals surface area contributed by atoms with Crippen LogP contribution in [0.4, 0.5) is 4.39 Å². The number of ether oxygens (including phenoxy) is 1. The number of halogens is 1. The molecule has 3 unspecified atom stereocenters. The maximum absolute atomic E-state index is 15.3. The molecule has 3 aliphatic heterocycles. The molecule has 0 saturated carbocycles. The molecule has 3 heterocycles. The number of phosphoric acid groups is 3. The quantitative estimate of drug-likeness (QED) is 0.103. The average Bonchev–Trinajstić information content (AvgIpc) is 3.10. The maximum Gasteiger partial charge on any atom is 0.490 e. The number of amides is 1. The molecule has 0 aromatic carbocycles. The molecule has 0 aliphatic carbocycles. The van der Waals surface area contributed by atoms with Gasteiger partial charge in [0.25, 0.3) is 5.91 Å². The fraction of sp³-hybridized carbons (Fsp3) is 0.636. The molecule has 0 aromatic heterocycles. The minimum atomic E-state index is -5.77. The molecule has 18 nitrogen and oxygen atoms in total. The third-order valence-corrected chi connectivity index (χ3v) is 8.16. The van der Waals surface area contributed by atoms with E-state index in [9.17, 15) is 28.5 Å². The first-order valence-electron chi connectivity index (χ1n) is 8.52. The summed E-state index contributed by atoms with van der Waals surface area (Å²) in [7, 11) is -16.9. The van der Waals surface area contributed by atoms with Gasteiger partial charge in [-0.2, -0.15) is 13.6 Å². The molecule has 3 rings (SSSR count). The van der Waals surface area contributed by atoms with Crippen LogP contribution in [0.3, 0.4) is 0 Å². The maximum atomic E-state index is 15.3. The average molecular weight is 631 g/mol. The van der Waals surface area contributed by atoms with E-state index in [2.05, 4.69) is 28.4 Å². The molecule has 37 heavy (non-hydrogen) atoms. The number of aliphatic hydroxyl groups is 1. The molecule has 26 heteroatoms. The van der Waals surface area contributed by atoms with Gasteiger partial charge in [0, 0.05) is 118 Å². The number of nitrogens with one attached hydrogen (secondary N) is 2. The molecule has 0 spiro atoms. The van der Waals surface area contributed by atoms with Gasteiger partial charge >= 0.3 is 23.5 Å². The third-order valence-electron chi connectivity index (χ3n) is 4.35. The Labute approximate surface area is 296 Å². The summed E-state index contributed by atoms with van der Waals surface area (Å²) in [5.41, 5.74) is -2.62. The Balaban J connectivity index is 0. The molecule has 1 saturated heterocycles. The van der Waals surface area contributed by atoms with Crippen LogP contribution in [0.5, 0.6) is 0 Å². The van der Waals surface area contributed by atoms with Crippen molar-refractivity contribution in [1.82, 2.24) is 10.2 Å². The Morgan fingerprint density at radius 3 is 2.27 bits per heavy atom. The predicted molar refractivity (Wildman–Crippen MR) is 124 cm³/mol. The van der Waals surface area contributed by atoms with Gasteiger partial charge in [-0.05, 0) is 6.92 Å². The number of carbonyl (C=O) groups is 1. The first-order chi connectivity index (χ1) is 14.9. The fourth-order valence-electron chi connectivity index (χ4n) is 3.04. The molecule has 0 bridgehead atoms. The minimum absolute atomic E-state index is 0. The van der Waals surface area contributed by atoms with Gasteiger partial charge in [0.05, 0.1) is 12.9 Å². The molecule has 190 valence electrons. The van der Waals surface area contributed by atoms with E-state index in [1.807, 2.05) is 0 Å². The Bertz CT molecular complexity index is 1080. The van der Waals surface area contributed by atoms with Crippen LogP contribution in [0.1, 0.15) is 6.92 Å².